The van der Waals surface area contributed by atoms with Crippen molar-refractivity contribution in [1.29, 1.82) is 0 Å². The van der Waals surface area contributed by atoms with Gasteiger partial charge in [-0.25, -0.2) is 0 Å². The summed E-state index contributed by atoms with van der Waals surface area (Å²) in [5.74, 6) is 1.81. The molecule has 0 aliphatic heterocycles. The minimum Gasteiger partial charge on any atom is -0.313 e. The summed E-state index contributed by atoms with van der Waals surface area (Å²) in [4.78, 5) is 0. The molecule has 1 heteroatoms. The van der Waals surface area contributed by atoms with E-state index in [0.29, 0.717) is 0 Å². The first-order chi connectivity index (χ1) is 6.74. The molecule has 0 amide bonds. The van der Waals surface area contributed by atoms with E-state index in [9.17, 15) is 0 Å². The summed E-state index contributed by atoms with van der Waals surface area (Å²) < 4.78 is 0. The maximum absolute atomic E-state index is 3.68. The van der Waals surface area contributed by atoms with Crippen LogP contribution in [-0.4, -0.2) is 12.6 Å². The van der Waals surface area contributed by atoms with Gasteiger partial charge in [-0.2, -0.15) is 0 Å². The average Bonchev–Trinajstić information content (AvgIpc) is 2.15. The molecule has 0 bridgehead atoms. The zero-order valence-corrected chi connectivity index (χ0v) is 9.92. The molecule has 1 fully saturated rings. The standard InChI is InChI=1S/C13H25N/c1-4-5-6-9-14-13-8-7-11(2)10-12(13)3/h4-5,11-14H,6-10H2,1-3H3/b5-4+. The van der Waals surface area contributed by atoms with E-state index in [4.69, 9.17) is 0 Å². The highest BCUT2D eigenvalue weighted by molar-refractivity contribution is 4.83. The van der Waals surface area contributed by atoms with E-state index in [1.807, 2.05) is 0 Å². The topological polar surface area (TPSA) is 12.0 Å². The Labute approximate surface area is 89.0 Å². The lowest BCUT2D eigenvalue weighted by Crippen LogP contribution is -2.39. The summed E-state index contributed by atoms with van der Waals surface area (Å²) >= 11 is 0. The van der Waals surface area contributed by atoms with Crippen molar-refractivity contribution in [2.24, 2.45) is 11.8 Å². The fraction of sp³-hybridized carbons (Fsp3) is 0.846. The van der Waals surface area contributed by atoms with Crippen molar-refractivity contribution >= 4 is 0 Å². The molecule has 1 aliphatic rings. The number of rotatable bonds is 4. The smallest absolute Gasteiger partial charge is 0.00930 e. The molecule has 0 saturated heterocycles. The number of nitrogens with one attached hydrogen (secondary N) is 1. The summed E-state index contributed by atoms with van der Waals surface area (Å²) in [6.07, 6.45) is 9.73. The van der Waals surface area contributed by atoms with E-state index in [2.05, 4.69) is 38.2 Å². The quantitative estimate of drug-likeness (QED) is 0.536. The summed E-state index contributed by atoms with van der Waals surface area (Å²) in [7, 11) is 0. The van der Waals surface area contributed by atoms with Gasteiger partial charge in [0.25, 0.3) is 0 Å². The predicted molar refractivity (Wildman–Crippen MR) is 63.4 cm³/mol. The largest absolute Gasteiger partial charge is 0.313 e. The molecule has 0 aromatic carbocycles. The molecule has 0 spiro atoms. The SMILES string of the molecule is C/C=C/CCNC1CCC(C)CC1C. The molecule has 0 aromatic heterocycles. The third-order valence-electron chi connectivity index (χ3n) is 3.38. The van der Waals surface area contributed by atoms with Gasteiger partial charge in [0.1, 0.15) is 0 Å². The lowest BCUT2D eigenvalue weighted by atomic mass is 9.80. The van der Waals surface area contributed by atoms with Crippen LogP contribution in [0, 0.1) is 11.8 Å². The average molecular weight is 195 g/mol. The third kappa shape index (κ3) is 3.83. The van der Waals surface area contributed by atoms with Crippen LogP contribution in [0.5, 0.6) is 0 Å². The summed E-state index contributed by atoms with van der Waals surface area (Å²) in [6, 6.07) is 0.774. The van der Waals surface area contributed by atoms with Crippen LogP contribution in [0.4, 0.5) is 0 Å². The van der Waals surface area contributed by atoms with Crippen LogP contribution in [0.15, 0.2) is 12.2 Å². The zero-order chi connectivity index (χ0) is 10.4. The van der Waals surface area contributed by atoms with Crippen LogP contribution in [0.2, 0.25) is 0 Å². The fourth-order valence-corrected chi connectivity index (χ4v) is 2.49. The second-order valence-corrected chi connectivity index (χ2v) is 4.81. The Bertz CT molecular complexity index is 174. The minimum atomic E-state index is 0.774. The maximum atomic E-state index is 3.68. The van der Waals surface area contributed by atoms with Crippen molar-refractivity contribution < 1.29 is 0 Å². The highest BCUT2D eigenvalue weighted by Gasteiger charge is 2.24. The van der Waals surface area contributed by atoms with Gasteiger partial charge in [-0.1, -0.05) is 26.0 Å². The van der Waals surface area contributed by atoms with Gasteiger partial charge >= 0.3 is 0 Å². The fourth-order valence-electron chi connectivity index (χ4n) is 2.49. The molecule has 1 saturated carbocycles. The number of hydrogen-bond acceptors (Lipinski definition) is 1. The van der Waals surface area contributed by atoms with Crippen LogP contribution in [-0.2, 0) is 0 Å². The molecular formula is C13H25N. The normalized spacial score (nSPS) is 33.8. The van der Waals surface area contributed by atoms with E-state index in [-0.39, 0.29) is 0 Å². The highest BCUT2D eigenvalue weighted by Crippen LogP contribution is 2.28. The van der Waals surface area contributed by atoms with Gasteiger partial charge in [0.05, 0.1) is 0 Å². The molecule has 0 aromatic rings. The highest BCUT2D eigenvalue weighted by atomic mass is 14.9. The minimum absolute atomic E-state index is 0.774. The van der Waals surface area contributed by atoms with Gasteiger partial charge in [0.15, 0.2) is 0 Å². The van der Waals surface area contributed by atoms with Crippen LogP contribution >= 0.6 is 0 Å². The molecule has 0 heterocycles. The number of allylic oxidation sites excluding steroid dienone is 1. The predicted octanol–water partition coefficient (Wildman–Crippen LogP) is 3.37. The van der Waals surface area contributed by atoms with Crippen molar-refractivity contribution in [1.82, 2.24) is 5.32 Å². The van der Waals surface area contributed by atoms with E-state index in [1.54, 1.807) is 0 Å². The molecule has 1 rings (SSSR count). The van der Waals surface area contributed by atoms with Crippen LogP contribution < -0.4 is 5.32 Å². The van der Waals surface area contributed by atoms with E-state index < -0.39 is 0 Å². The first kappa shape index (κ1) is 11.8. The maximum Gasteiger partial charge on any atom is 0.00930 e. The van der Waals surface area contributed by atoms with E-state index >= 15 is 0 Å². The van der Waals surface area contributed by atoms with Crippen LogP contribution in [0.1, 0.15) is 46.5 Å². The Hall–Kier alpha value is -0.300. The summed E-state index contributed by atoms with van der Waals surface area (Å²) in [6.45, 7) is 8.01. The molecule has 14 heavy (non-hydrogen) atoms. The first-order valence-corrected chi connectivity index (χ1v) is 6.08. The number of hydrogen-bond donors (Lipinski definition) is 1. The molecule has 3 atom stereocenters. The Kier molecular flexibility index (Phi) is 5.24. The molecule has 0 radical (unpaired) electrons. The van der Waals surface area contributed by atoms with Gasteiger partial charge < -0.3 is 5.32 Å². The lowest BCUT2D eigenvalue weighted by Gasteiger charge is -2.33. The van der Waals surface area contributed by atoms with Gasteiger partial charge in [0.2, 0.25) is 0 Å². The first-order valence-electron chi connectivity index (χ1n) is 6.08. The third-order valence-corrected chi connectivity index (χ3v) is 3.38. The monoisotopic (exact) mass is 195 g/mol. The Balaban J connectivity index is 2.17. The van der Waals surface area contributed by atoms with Crippen molar-refractivity contribution in [3.63, 3.8) is 0 Å². The van der Waals surface area contributed by atoms with E-state index in [0.717, 1.165) is 24.4 Å². The van der Waals surface area contributed by atoms with Gasteiger partial charge in [-0.3, -0.25) is 0 Å². The molecule has 1 aliphatic carbocycles. The molecule has 1 N–H and O–H groups in total. The summed E-state index contributed by atoms with van der Waals surface area (Å²) in [5.41, 5.74) is 0. The second-order valence-electron chi connectivity index (χ2n) is 4.81. The van der Waals surface area contributed by atoms with Gasteiger partial charge in [-0.15, -0.1) is 0 Å². The van der Waals surface area contributed by atoms with Crippen molar-refractivity contribution in [3.8, 4) is 0 Å². The molecule has 1 nitrogen and oxygen atoms in total. The zero-order valence-electron chi connectivity index (χ0n) is 9.92. The molecule has 82 valence electrons. The Morgan fingerprint density at radius 2 is 2.07 bits per heavy atom. The van der Waals surface area contributed by atoms with Crippen LogP contribution in [0.25, 0.3) is 0 Å². The van der Waals surface area contributed by atoms with E-state index in [1.165, 1.54) is 25.7 Å². The van der Waals surface area contributed by atoms with Crippen molar-refractivity contribution in [2.45, 2.75) is 52.5 Å². The molecule has 3 unspecified atom stereocenters. The van der Waals surface area contributed by atoms with Crippen molar-refractivity contribution in [3.05, 3.63) is 12.2 Å². The molecular weight excluding hydrogens is 170 g/mol. The van der Waals surface area contributed by atoms with Crippen LogP contribution in [0.3, 0.4) is 0 Å². The summed E-state index contributed by atoms with van der Waals surface area (Å²) in [5, 5.41) is 3.68. The van der Waals surface area contributed by atoms with Gasteiger partial charge in [0, 0.05) is 6.04 Å². The lowest BCUT2D eigenvalue weighted by molar-refractivity contribution is 0.229. The Morgan fingerprint density at radius 3 is 2.71 bits per heavy atom. The Morgan fingerprint density at radius 1 is 1.29 bits per heavy atom. The van der Waals surface area contributed by atoms with Crippen molar-refractivity contribution in [2.75, 3.05) is 6.54 Å². The van der Waals surface area contributed by atoms with Gasteiger partial charge in [-0.05, 0) is 51.0 Å². The second kappa shape index (κ2) is 6.23.